The average Bonchev–Trinajstić information content (AvgIpc) is 3.06. The summed E-state index contributed by atoms with van der Waals surface area (Å²) >= 11 is 6.05. The van der Waals surface area contributed by atoms with Gasteiger partial charge in [-0.05, 0) is 60.1 Å². The predicted octanol–water partition coefficient (Wildman–Crippen LogP) is 3.33. The van der Waals surface area contributed by atoms with Gasteiger partial charge in [-0.25, -0.2) is 12.6 Å². The van der Waals surface area contributed by atoms with Gasteiger partial charge in [0.15, 0.2) is 15.6 Å². The summed E-state index contributed by atoms with van der Waals surface area (Å²) < 4.78 is 161. The Hall–Kier alpha value is -5.21. The van der Waals surface area contributed by atoms with Crippen LogP contribution in [0.3, 0.4) is 0 Å². The Morgan fingerprint density at radius 3 is 1.93 bits per heavy atom. The lowest BCUT2D eigenvalue weighted by Gasteiger charge is -2.16. The minimum Gasteiger partial charge on any atom is -0.506 e. The van der Waals surface area contributed by atoms with Crippen molar-refractivity contribution in [3.8, 4) is 11.5 Å². The Kier molecular flexibility index (Phi) is 11.8. The SMILES string of the molecule is O=S(=O)(O)OCCS(=O)(=O)c1ccc(N=Nc2c(S(=O)(=O)O)cc3c(S(=O)(=O)O)ccc(Nc4nc(Cl)nc(Nc5cccc(S(=O)(=O)O)c5)n4)c3c2O)c(O)c1. The number of nitrogens with zero attached hydrogens (tertiary/aromatic N) is 5. The molecule has 0 aliphatic carbocycles. The van der Waals surface area contributed by atoms with Gasteiger partial charge in [-0.3, -0.25) is 18.2 Å². The Balaban J connectivity index is 1.61. The maximum absolute atomic E-state index is 12.5. The molecule has 0 saturated heterocycles. The molecule has 0 unspecified atom stereocenters. The standard InChI is InChI=1S/C27H22ClN7O17S5/c28-25-31-26(29-13-2-1-3-15(10-13)54(40,41)42)33-27(32-25)30-18-6-7-20(55(43,44)45)16-12-21(56(46,47)48)23(24(37)22(16)18)35-34-17-5-4-14(11-19(17)36)53(38,39)9-8-52-57(49,50)51/h1-7,10-12,36-37H,8-9H2,(H,40,41,42)(H,43,44,45)(H,46,47,48)(H,49,50,51)(H2,29,30,31,32,33). The largest absolute Gasteiger partial charge is 0.506 e. The number of rotatable bonds is 14. The molecule has 1 heterocycles. The monoisotopic (exact) mass is 911 g/mol. The molecule has 0 fully saturated rings. The Bertz CT molecular complexity index is 3060. The van der Waals surface area contributed by atoms with Crippen LogP contribution < -0.4 is 10.6 Å². The van der Waals surface area contributed by atoms with E-state index in [2.05, 4.69) is 40.0 Å². The smallest absolute Gasteiger partial charge is 0.397 e. The molecule has 24 nitrogen and oxygen atoms in total. The highest BCUT2D eigenvalue weighted by atomic mass is 35.5. The lowest BCUT2D eigenvalue weighted by molar-refractivity contribution is 0.284. The maximum atomic E-state index is 12.5. The number of phenolic OH excluding ortho intramolecular Hbond substituents is 2. The van der Waals surface area contributed by atoms with Crippen LogP contribution in [-0.4, -0.2) is 97.8 Å². The summed E-state index contributed by atoms with van der Waals surface area (Å²) in [5, 5.41) is 32.5. The molecule has 5 rings (SSSR count). The summed E-state index contributed by atoms with van der Waals surface area (Å²) in [6.07, 6.45) is 0. The highest BCUT2D eigenvalue weighted by Crippen LogP contribution is 2.47. The van der Waals surface area contributed by atoms with Crippen molar-refractivity contribution in [3.05, 3.63) is 65.9 Å². The molecule has 30 heteroatoms. The van der Waals surface area contributed by atoms with Gasteiger partial charge >= 0.3 is 10.4 Å². The molecule has 0 bridgehead atoms. The molecule has 0 aliphatic rings. The van der Waals surface area contributed by atoms with E-state index in [1.165, 1.54) is 12.1 Å². The number of azo groups is 1. The third kappa shape index (κ3) is 10.4. The number of aromatic hydroxyl groups is 2. The number of phenols is 2. The summed E-state index contributed by atoms with van der Waals surface area (Å²) in [7, 11) is -24.5. The van der Waals surface area contributed by atoms with Crippen LogP contribution in [0.1, 0.15) is 0 Å². The second-order valence-electron chi connectivity index (χ2n) is 11.0. The quantitative estimate of drug-likeness (QED) is 0.0585. The van der Waals surface area contributed by atoms with Gasteiger partial charge in [0.05, 0.1) is 33.2 Å². The third-order valence-electron chi connectivity index (χ3n) is 7.12. The van der Waals surface area contributed by atoms with Gasteiger partial charge in [0, 0.05) is 17.1 Å². The third-order valence-corrected chi connectivity index (χ3v) is 12.1. The molecule has 0 saturated carbocycles. The molecular weight excluding hydrogens is 890 g/mol. The van der Waals surface area contributed by atoms with Crippen molar-refractivity contribution in [2.75, 3.05) is 23.0 Å². The molecule has 4 aromatic carbocycles. The Morgan fingerprint density at radius 2 is 1.33 bits per heavy atom. The first-order valence-electron chi connectivity index (χ1n) is 14.6. The normalized spacial score (nSPS) is 12.9. The minimum atomic E-state index is -5.43. The Morgan fingerprint density at radius 1 is 0.684 bits per heavy atom. The molecule has 304 valence electrons. The van der Waals surface area contributed by atoms with Crippen LogP contribution in [0.25, 0.3) is 10.8 Å². The molecule has 0 amide bonds. The lowest BCUT2D eigenvalue weighted by Crippen LogP contribution is -2.15. The van der Waals surface area contributed by atoms with E-state index in [0.717, 1.165) is 36.4 Å². The number of benzene rings is 4. The van der Waals surface area contributed by atoms with Crippen LogP contribution in [0, 0.1) is 0 Å². The van der Waals surface area contributed by atoms with Crippen molar-refractivity contribution < 1.29 is 74.7 Å². The zero-order valence-corrected chi connectivity index (χ0v) is 32.4. The highest BCUT2D eigenvalue weighted by molar-refractivity contribution is 7.91. The van der Waals surface area contributed by atoms with Crippen molar-refractivity contribution in [2.45, 2.75) is 19.6 Å². The number of hydrogen-bond acceptors (Lipinski definition) is 20. The molecular formula is C27H22ClN7O17S5. The van der Waals surface area contributed by atoms with E-state index in [1.54, 1.807) is 0 Å². The fourth-order valence-electron chi connectivity index (χ4n) is 4.75. The number of anilines is 4. The highest BCUT2D eigenvalue weighted by Gasteiger charge is 2.28. The first-order valence-corrected chi connectivity index (χ1v) is 22.3. The van der Waals surface area contributed by atoms with E-state index in [-0.39, 0.29) is 17.3 Å². The first-order chi connectivity index (χ1) is 26.2. The summed E-state index contributed by atoms with van der Waals surface area (Å²) in [6, 6.07) is 9.29. The van der Waals surface area contributed by atoms with E-state index in [0.29, 0.717) is 12.1 Å². The lowest BCUT2D eigenvalue weighted by atomic mass is 10.1. The van der Waals surface area contributed by atoms with E-state index < -0.39 is 127 Å². The predicted molar refractivity (Wildman–Crippen MR) is 195 cm³/mol. The average molecular weight is 912 g/mol. The molecule has 1 aromatic heterocycles. The number of aromatic nitrogens is 3. The summed E-state index contributed by atoms with van der Waals surface area (Å²) in [5.74, 6) is -3.90. The summed E-state index contributed by atoms with van der Waals surface area (Å²) in [6.45, 7) is -0.994. The van der Waals surface area contributed by atoms with Crippen LogP contribution in [0.4, 0.5) is 34.6 Å². The summed E-state index contributed by atoms with van der Waals surface area (Å²) in [5.41, 5.74) is -1.96. The van der Waals surface area contributed by atoms with E-state index >= 15 is 0 Å². The molecule has 57 heavy (non-hydrogen) atoms. The number of fused-ring (bicyclic) bond motifs is 1. The van der Waals surface area contributed by atoms with Crippen LogP contribution in [0.5, 0.6) is 11.5 Å². The maximum Gasteiger partial charge on any atom is 0.397 e. The molecule has 0 spiro atoms. The molecule has 0 radical (unpaired) electrons. The van der Waals surface area contributed by atoms with Gasteiger partial charge < -0.3 is 20.8 Å². The van der Waals surface area contributed by atoms with Crippen LogP contribution in [-0.2, 0) is 54.8 Å². The van der Waals surface area contributed by atoms with Crippen LogP contribution in [0.15, 0.2) is 90.5 Å². The number of halogens is 1. The van der Waals surface area contributed by atoms with Crippen LogP contribution >= 0.6 is 11.6 Å². The second kappa shape index (κ2) is 15.6. The van der Waals surface area contributed by atoms with Crippen LogP contribution in [0.2, 0.25) is 5.28 Å². The van der Waals surface area contributed by atoms with Gasteiger partial charge in [-0.1, -0.05) is 6.07 Å². The van der Waals surface area contributed by atoms with Crippen molar-refractivity contribution in [1.29, 1.82) is 0 Å². The fraction of sp³-hybridized carbons (Fsp3) is 0.0741. The Labute approximate surface area is 326 Å². The zero-order chi connectivity index (χ0) is 42.3. The number of sulfone groups is 1. The van der Waals surface area contributed by atoms with Crippen molar-refractivity contribution in [1.82, 2.24) is 15.0 Å². The van der Waals surface area contributed by atoms with Gasteiger partial charge in [0.25, 0.3) is 30.4 Å². The van der Waals surface area contributed by atoms with E-state index in [9.17, 15) is 66.0 Å². The van der Waals surface area contributed by atoms with E-state index in [1.807, 2.05) is 0 Å². The zero-order valence-electron chi connectivity index (χ0n) is 27.5. The van der Waals surface area contributed by atoms with E-state index in [4.69, 9.17) is 16.2 Å². The number of hydrogen-bond donors (Lipinski definition) is 8. The first kappa shape index (κ1) is 42.9. The van der Waals surface area contributed by atoms with Crippen molar-refractivity contribution in [3.63, 3.8) is 0 Å². The molecule has 5 aromatic rings. The second-order valence-corrected chi connectivity index (χ2v) is 18.7. The molecule has 0 atom stereocenters. The fourth-order valence-corrected chi connectivity index (χ4v) is 8.27. The van der Waals surface area contributed by atoms with Gasteiger partial charge in [0.1, 0.15) is 26.9 Å². The van der Waals surface area contributed by atoms with Gasteiger partial charge in [0.2, 0.25) is 17.2 Å². The minimum absolute atomic E-state index is 0.0410. The van der Waals surface area contributed by atoms with Gasteiger partial charge in [-0.15, -0.1) is 10.2 Å². The van der Waals surface area contributed by atoms with Crippen molar-refractivity contribution >= 4 is 108 Å². The molecule has 8 N–H and O–H groups in total. The van der Waals surface area contributed by atoms with Gasteiger partial charge in [-0.2, -0.15) is 48.6 Å². The topological polar surface area (TPSA) is 389 Å². The van der Waals surface area contributed by atoms with Crippen molar-refractivity contribution in [2.24, 2.45) is 10.2 Å². The molecule has 0 aliphatic heterocycles. The summed E-state index contributed by atoms with van der Waals surface area (Å²) in [4.78, 5) is 8.41. The number of nitrogens with one attached hydrogen (secondary N) is 2.